The number of hydrogen-bond acceptors (Lipinski definition) is 6. The third-order valence-corrected chi connectivity index (χ3v) is 2.35. The molecule has 0 heterocycles. The molecule has 0 unspecified atom stereocenters. The van der Waals surface area contributed by atoms with Crippen LogP contribution in [-0.4, -0.2) is 43.4 Å². The number of benzene rings is 1. The Morgan fingerprint density at radius 2 is 2.16 bits per heavy atom. The smallest absolute Gasteiger partial charge is 0.336 e. The molecular formula is C11H14N2O6. The van der Waals surface area contributed by atoms with Gasteiger partial charge >= 0.3 is 5.97 Å². The van der Waals surface area contributed by atoms with Crippen LogP contribution in [0.1, 0.15) is 10.4 Å². The number of ether oxygens (including phenoxy) is 2. The Morgan fingerprint density at radius 3 is 2.63 bits per heavy atom. The molecule has 0 bridgehead atoms. The molecule has 0 aliphatic heterocycles. The summed E-state index contributed by atoms with van der Waals surface area (Å²) >= 11 is 0. The van der Waals surface area contributed by atoms with E-state index in [0.29, 0.717) is 13.2 Å². The van der Waals surface area contributed by atoms with Gasteiger partial charge in [-0.25, -0.2) is 4.79 Å². The molecule has 2 N–H and O–H groups in total. The zero-order chi connectivity index (χ0) is 14.4. The lowest BCUT2D eigenvalue weighted by Crippen LogP contribution is -2.11. The van der Waals surface area contributed by atoms with Gasteiger partial charge in [0.25, 0.3) is 5.69 Å². The van der Waals surface area contributed by atoms with Gasteiger partial charge in [-0.2, -0.15) is 0 Å². The van der Waals surface area contributed by atoms with Gasteiger partial charge in [-0.3, -0.25) is 10.1 Å². The largest absolute Gasteiger partial charge is 0.494 e. The van der Waals surface area contributed by atoms with Crippen molar-refractivity contribution in [2.45, 2.75) is 0 Å². The number of carboxylic acid groups (broad SMARTS) is 1. The summed E-state index contributed by atoms with van der Waals surface area (Å²) in [7, 11) is 2.81. The zero-order valence-corrected chi connectivity index (χ0v) is 10.5. The second-order valence-electron chi connectivity index (χ2n) is 3.55. The second-order valence-corrected chi connectivity index (χ2v) is 3.55. The van der Waals surface area contributed by atoms with E-state index in [-0.39, 0.29) is 22.7 Å². The predicted molar refractivity (Wildman–Crippen MR) is 67.0 cm³/mol. The van der Waals surface area contributed by atoms with Gasteiger partial charge in [0.2, 0.25) is 0 Å². The number of hydrogen-bond donors (Lipinski definition) is 2. The molecule has 0 radical (unpaired) electrons. The molecule has 0 aliphatic rings. The summed E-state index contributed by atoms with van der Waals surface area (Å²) in [5.74, 6) is -1.16. The van der Waals surface area contributed by atoms with Crippen LogP contribution in [0.5, 0.6) is 5.75 Å². The SMILES string of the molecule is COCCNc1c(OC)cc(C(=O)O)cc1[N+](=O)[O-]. The number of nitrogens with zero attached hydrogens (tertiary/aromatic N) is 1. The van der Waals surface area contributed by atoms with Crippen LogP contribution in [0.4, 0.5) is 11.4 Å². The Hall–Kier alpha value is -2.35. The number of aromatic carboxylic acids is 1. The highest BCUT2D eigenvalue weighted by atomic mass is 16.6. The van der Waals surface area contributed by atoms with Crippen LogP contribution in [-0.2, 0) is 4.74 Å². The first-order chi connectivity index (χ1) is 9.01. The summed E-state index contributed by atoms with van der Waals surface area (Å²) in [4.78, 5) is 21.2. The minimum atomic E-state index is -1.26. The van der Waals surface area contributed by atoms with Gasteiger partial charge in [-0.15, -0.1) is 0 Å². The summed E-state index contributed by atoms with van der Waals surface area (Å²) in [5.41, 5.74) is -0.428. The molecule has 0 atom stereocenters. The molecule has 0 spiro atoms. The zero-order valence-electron chi connectivity index (χ0n) is 10.5. The number of nitro benzene ring substituents is 1. The molecule has 19 heavy (non-hydrogen) atoms. The van der Waals surface area contributed by atoms with Crippen molar-refractivity contribution >= 4 is 17.3 Å². The van der Waals surface area contributed by atoms with E-state index in [9.17, 15) is 14.9 Å². The van der Waals surface area contributed by atoms with Gasteiger partial charge in [-0.1, -0.05) is 0 Å². The molecule has 0 aromatic heterocycles. The Morgan fingerprint density at radius 1 is 1.47 bits per heavy atom. The first-order valence-corrected chi connectivity index (χ1v) is 5.33. The van der Waals surface area contributed by atoms with Crippen molar-refractivity contribution in [1.82, 2.24) is 0 Å². The van der Waals surface area contributed by atoms with Gasteiger partial charge in [0, 0.05) is 19.7 Å². The number of methoxy groups -OCH3 is 2. The van der Waals surface area contributed by atoms with Crippen LogP contribution in [0.2, 0.25) is 0 Å². The summed E-state index contributed by atoms with van der Waals surface area (Å²) in [6, 6.07) is 2.21. The van der Waals surface area contributed by atoms with Crippen molar-refractivity contribution in [2.24, 2.45) is 0 Å². The Labute approximate surface area is 109 Å². The quantitative estimate of drug-likeness (QED) is 0.437. The molecule has 0 saturated carbocycles. The van der Waals surface area contributed by atoms with Gasteiger partial charge in [0.1, 0.15) is 5.75 Å². The van der Waals surface area contributed by atoms with Crippen LogP contribution in [0.3, 0.4) is 0 Å². The van der Waals surface area contributed by atoms with Crippen molar-refractivity contribution in [1.29, 1.82) is 0 Å². The Kier molecular flexibility index (Phi) is 5.07. The molecule has 1 aromatic carbocycles. The number of rotatable bonds is 7. The number of nitrogens with one attached hydrogen (secondary N) is 1. The lowest BCUT2D eigenvalue weighted by atomic mass is 10.1. The third-order valence-electron chi connectivity index (χ3n) is 2.35. The minimum Gasteiger partial charge on any atom is -0.494 e. The van der Waals surface area contributed by atoms with E-state index in [2.05, 4.69) is 5.32 Å². The van der Waals surface area contributed by atoms with Gasteiger partial charge in [0.15, 0.2) is 5.69 Å². The number of anilines is 1. The molecular weight excluding hydrogens is 256 g/mol. The van der Waals surface area contributed by atoms with Crippen LogP contribution >= 0.6 is 0 Å². The normalized spacial score (nSPS) is 10.0. The topological polar surface area (TPSA) is 111 Å². The monoisotopic (exact) mass is 270 g/mol. The summed E-state index contributed by atoms with van der Waals surface area (Å²) in [6.45, 7) is 0.682. The van der Waals surface area contributed by atoms with Crippen LogP contribution in [0, 0.1) is 10.1 Å². The average molecular weight is 270 g/mol. The third kappa shape index (κ3) is 3.55. The lowest BCUT2D eigenvalue weighted by Gasteiger charge is -2.12. The van der Waals surface area contributed by atoms with E-state index in [1.54, 1.807) is 0 Å². The first kappa shape index (κ1) is 14.7. The van der Waals surface area contributed by atoms with Crippen LogP contribution in [0.25, 0.3) is 0 Å². The molecule has 0 amide bonds. The van der Waals surface area contributed by atoms with E-state index in [1.807, 2.05) is 0 Å². The van der Waals surface area contributed by atoms with E-state index >= 15 is 0 Å². The van der Waals surface area contributed by atoms with Crippen molar-refractivity contribution in [2.75, 3.05) is 32.7 Å². The predicted octanol–water partition coefficient (Wildman–Crippen LogP) is 1.36. The fourth-order valence-electron chi connectivity index (χ4n) is 1.48. The molecule has 8 nitrogen and oxygen atoms in total. The van der Waals surface area contributed by atoms with E-state index in [4.69, 9.17) is 14.6 Å². The maximum absolute atomic E-state index is 11.0. The van der Waals surface area contributed by atoms with Crippen LogP contribution in [0.15, 0.2) is 12.1 Å². The van der Waals surface area contributed by atoms with Gasteiger partial charge < -0.3 is 19.9 Å². The molecule has 104 valence electrons. The standard InChI is InChI=1S/C11H14N2O6/c1-18-4-3-12-10-8(13(16)17)5-7(11(14)15)6-9(10)19-2/h5-6,12H,3-4H2,1-2H3,(H,14,15). The molecule has 0 fully saturated rings. The van der Waals surface area contributed by atoms with Gasteiger partial charge in [-0.05, 0) is 6.07 Å². The van der Waals surface area contributed by atoms with E-state index in [1.165, 1.54) is 20.3 Å². The highest BCUT2D eigenvalue weighted by Crippen LogP contribution is 2.35. The summed E-state index contributed by atoms with van der Waals surface area (Å²) in [6.07, 6.45) is 0. The highest BCUT2D eigenvalue weighted by Gasteiger charge is 2.22. The number of nitro groups is 1. The molecule has 0 saturated heterocycles. The second kappa shape index (κ2) is 6.55. The lowest BCUT2D eigenvalue weighted by molar-refractivity contribution is -0.384. The molecule has 1 rings (SSSR count). The van der Waals surface area contributed by atoms with Gasteiger partial charge in [0.05, 0.1) is 24.2 Å². The van der Waals surface area contributed by atoms with Crippen molar-refractivity contribution in [3.05, 3.63) is 27.8 Å². The number of carboxylic acids is 1. The number of carbonyl (C=O) groups is 1. The minimum absolute atomic E-state index is 0.0997. The van der Waals surface area contributed by atoms with E-state index in [0.717, 1.165) is 6.07 Å². The summed E-state index contributed by atoms with van der Waals surface area (Å²) < 4.78 is 9.82. The fraction of sp³-hybridized carbons (Fsp3) is 0.364. The summed E-state index contributed by atoms with van der Waals surface area (Å²) in [5, 5.41) is 22.7. The maximum Gasteiger partial charge on any atom is 0.336 e. The Balaban J connectivity index is 3.24. The fourth-order valence-corrected chi connectivity index (χ4v) is 1.48. The maximum atomic E-state index is 11.0. The molecule has 1 aromatic rings. The molecule has 0 aliphatic carbocycles. The highest BCUT2D eigenvalue weighted by molar-refractivity contribution is 5.91. The van der Waals surface area contributed by atoms with Crippen molar-refractivity contribution in [3.63, 3.8) is 0 Å². The first-order valence-electron chi connectivity index (χ1n) is 5.33. The van der Waals surface area contributed by atoms with Crippen molar-refractivity contribution < 1.29 is 24.3 Å². The molecule has 8 heteroatoms. The Bertz CT molecular complexity index is 488. The van der Waals surface area contributed by atoms with E-state index < -0.39 is 10.9 Å². The van der Waals surface area contributed by atoms with Crippen molar-refractivity contribution in [3.8, 4) is 5.75 Å². The average Bonchev–Trinajstić information content (AvgIpc) is 2.38. The van der Waals surface area contributed by atoms with Crippen LogP contribution < -0.4 is 10.1 Å².